The summed E-state index contributed by atoms with van der Waals surface area (Å²) < 4.78 is 0. The minimum Gasteiger partial charge on any atom is -0.478 e. The van der Waals surface area contributed by atoms with Gasteiger partial charge < -0.3 is 5.11 Å². The third kappa shape index (κ3) is 3.11. The Morgan fingerprint density at radius 2 is 1.33 bits per heavy atom. The number of nitroso groups, excluding NO2 is 1. The zero-order valence-electron chi connectivity index (χ0n) is 11.2. The number of benzene rings is 2. The van der Waals surface area contributed by atoms with Crippen LogP contribution in [0.25, 0.3) is 0 Å². The predicted molar refractivity (Wildman–Crippen MR) is 77.8 cm³/mol. The van der Waals surface area contributed by atoms with Crippen molar-refractivity contribution in [1.29, 1.82) is 0 Å². The number of anilines is 2. The first-order chi connectivity index (χ1) is 10.0. The number of hydrogen-bond donors (Lipinski definition) is 1. The molecule has 2 aromatic carbocycles. The molecule has 106 valence electrons. The molecule has 0 fully saturated rings. The lowest BCUT2D eigenvalue weighted by molar-refractivity contribution is 0.0696. The first-order valence-corrected chi connectivity index (χ1v) is 6.10. The maximum Gasteiger partial charge on any atom is 0.335 e. The monoisotopic (exact) mass is 284 g/mol. The number of Topliss-reactive ketones (excluding diaryl/α,β-unsaturated/α-hetero) is 1. The number of carboxylic acid groups (broad SMARTS) is 1. The van der Waals surface area contributed by atoms with Gasteiger partial charge in [-0.25, -0.2) is 4.79 Å². The van der Waals surface area contributed by atoms with E-state index >= 15 is 0 Å². The lowest BCUT2D eigenvalue weighted by Crippen LogP contribution is -2.08. The molecule has 0 aliphatic carbocycles. The van der Waals surface area contributed by atoms with Gasteiger partial charge in [-0.2, -0.15) is 5.01 Å². The van der Waals surface area contributed by atoms with Crippen molar-refractivity contribution in [2.45, 2.75) is 6.92 Å². The van der Waals surface area contributed by atoms with Gasteiger partial charge in [0, 0.05) is 5.56 Å². The van der Waals surface area contributed by atoms with E-state index in [2.05, 4.69) is 5.29 Å². The molecule has 1 N–H and O–H groups in total. The van der Waals surface area contributed by atoms with Crippen molar-refractivity contribution in [3.63, 3.8) is 0 Å². The van der Waals surface area contributed by atoms with Crippen molar-refractivity contribution in [2.24, 2.45) is 5.29 Å². The summed E-state index contributed by atoms with van der Waals surface area (Å²) in [7, 11) is 0. The van der Waals surface area contributed by atoms with Crippen LogP contribution in [0, 0.1) is 4.91 Å². The van der Waals surface area contributed by atoms with Crippen LogP contribution < -0.4 is 5.01 Å². The maximum atomic E-state index is 11.2. The highest BCUT2D eigenvalue weighted by Crippen LogP contribution is 2.26. The Bertz CT molecular complexity index is 620. The number of ketones is 1. The van der Waals surface area contributed by atoms with Crippen LogP contribution >= 0.6 is 0 Å². The van der Waals surface area contributed by atoms with E-state index in [1.54, 1.807) is 24.3 Å². The SMILES string of the molecule is CC(=O)c1ccc(N(N=O)c2ccc(C(=O)O)cc2)cc1. The van der Waals surface area contributed by atoms with Gasteiger partial charge >= 0.3 is 5.97 Å². The summed E-state index contributed by atoms with van der Waals surface area (Å²) in [6, 6.07) is 12.2. The second-order valence-corrected chi connectivity index (χ2v) is 4.35. The number of carboxylic acids is 1. The lowest BCUT2D eigenvalue weighted by Gasteiger charge is -2.15. The van der Waals surface area contributed by atoms with Gasteiger partial charge in [0.2, 0.25) is 0 Å². The van der Waals surface area contributed by atoms with Crippen LogP contribution in [0.2, 0.25) is 0 Å². The smallest absolute Gasteiger partial charge is 0.335 e. The predicted octanol–water partition coefficient (Wildman–Crippen LogP) is 3.41. The second kappa shape index (κ2) is 5.96. The largest absolute Gasteiger partial charge is 0.478 e. The van der Waals surface area contributed by atoms with Gasteiger partial charge in [0.1, 0.15) is 0 Å². The fraction of sp³-hybridized carbons (Fsp3) is 0.0667. The molecule has 0 spiro atoms. The average molecular weight is 284 g/mol. The first-order valence-electron chi connectivity index (χ1n) is 6.10. The fourth-order valence-corrected chi connectivity index (χ4v) is 1.83. The van der Waals surface area contributed by atoms with Gasteiger partial charge in [0.05, 0.1) is 22.2 Å². The van der Waals surface area contributed by atoms with Crippen molar-refractivity contribution >= 4 is 23.1 Å². The number of rotatable bonds is 5. The number of carbonyl (C=O) groups is 2. The summed E-state index contributed by atoms with van der Waals surface area (Å²) in [4.78, 5) is 33.0. The van der Waals surface area contributed by atoms with Crippen LogP contribution in [0.3, 0.4) is 0 Å². The van der Waals surface area contributed by atoms with Gasteiger partial charge in [-0.1, -0.05) is 0 Å². The standard InChI is InChI=1S/C15H12N2O4/c1-10(18)11-2-6-13(7-3-11)17(16-21)14-8-4-12(5-9-14)15(19)20/h2-9H,1H3,(H,19,20). The Morgan fingerprint density at radius 3 is 1.67 bits per heavy atom. The molecule has 0 aliphatic heterocycles. The van der Waals surface area contributed by atoms with E-state index in [-0.39, 0.29) is 11.3 Å². The highest BCUT2D eigenvalue weighted by molar-refractivity contribution is 5.94. The summed E-state index contributed by atoms with van der Waals surface area (Å²) in [5.41, 5.74) is 1.58. The Labute approximate surface area is 120 Å². The van der Waals surface area contributed by atoms with Crippen molar-refractivity contribution in [2.75, 3.05) is 5.01 Å². The van der Waals surface area contributed by atoms with E-state index in [0.29, 0.717) is 16.9 Å². The van der Waals surface area contributed by atoms with Crippen molar-refractivity contribution in [3.05, 3.63) is 64.6 Å². The van der Waals surface area contributed by atoms with Gasteiger partial charge in [-0.05, 0) is 55.5 Å². The van der Waals surface area contributed by atoms with E-state index in [4.69, 9.17) is 5.11 Å². The molecule has 0 heterocycles. The van der Waals surface area contributed by atoms with Gasteiger partial charge in [-0.15, -0.1) is 4.91 Å². The Morgan fingerprint density at radius 1 is 0.905 bits per heavy atom. The second-order valence-electron chi connectivity index (χ2n) is 4.35. The van der Waals surface area contributed by atoms with Crippen LogP contribution in [0.4, 0.5) is 11.4 Å². The zero-order chi connectivity index (χ0) is 15.4. The summed E-state index contributed by atoms with van der Waals surface area (Å²) in [5, 5.41) is 12.9. The van der Waals surface area contributed by atoms with E-state index in [1.807, 2.05) is 0 Å². The molecule has 0 amide bonds. The quantitative estimate of drug-likeness (QED) is 0.516. The molecule has 0 bridgehead atoms. The molecule has 0 aliphatic rings. The molecule has 2 aromatic rings. The molecule has 6 heteroatoms. The van der Waals surface area contributed by atoms with Crippen LogP contribution in [0.15, 0.2) is 53.8 Å². The normalized spacial score (nSPS) is 9.95. The van der Waals surface area contributed by atoms with Crippen molar-refractivity contribution < 1.29 is 14.7 Å². The molecule has 0 atom stereocenters. The molecule has 0 unspecified atom stereocenters. The topological polar surface area (TPSA) is 87.0 Å². The average Bonchev–Trinajstić information content (AvgIpc) is 2.49. The van der Waals surface area contributed by atoms with Crippen molar-refractivity contribution in [3.8, 4) is 0 Å². The molecule has 0 radical (unpaired) electrons. The molecular weight excluding hydrogens is 272 g/mol. The fourth-order valence-electron chi connectivity index (χ4n) is 1.83. The molecule has 21 heavy (non-hydrogen) atoms. The van der Waals surface area contributed by atoms with Crippen LogP contribution in [0.5, 0.6) is 0 Å². The molecule has 0 saturated heterocycles. The molecule has 2 rings (SSSR count). The summed E-state index contributed by atoms with van der Waals surface area (Å²) in [6.45, 7) is 1.45. The van der Waals surface area contributed by atoms with Gasteiger partial charge in [0.25, 0.3) is 0 Å². The van der Waals surface area contributed by atoms with Gasteiger partial charge in [0.15, 0.2) is 5.78 Å². The summed E-state index contributed by atoms with van der Waals surface area (Å²) >= 11 is 0. The number of aromatic carboxylic acids is 1. The third-order valence-corrected chi connectivity index (χ3v) is 2.96. The maximum absolute atomic E-state index is 11.2. The van der Waals surface area contributed by atoms with E-state index < -0.39 is 5.97 Å². The number of hydrogen-bond acceptors (Lipinski definition) is 4. The Balaban J connectivity index is 2.32. The summed E-state index contributed by atoms with van der Waals surface area (Å²) in [6.07, 6.45) is 0. The van der Waals surface area contributed by atoms with Crippen LogP contribution in [0.1, 0.15) is 27.6 Å². The number of nitrogens with zero attached hydrogens (tertiary/aromatic N) is 2. The van der Waals surface area contributed by atoms with E-state index in [1.165, 1.54) is 31.2 Å². The minimum atomic E-state index is -1.04. The lowest BCUT2D eigenvalue weighted by atomic mass is 10.1. The molecule has 0 aromatic heterocycles. The summed E-state index contributed by atoms with van der Waals surface area (Å²) in [5.74, 6) is -1.11. The molecule has 0 saturated carbocycles. The first kappa shape index (κ1) is 14.4. The zero-order valence-corrected chi connectivity index (χ0v) is 11.2. The van der Waals surface area contributed by atoms with E-state index in [9.17, 15) is 14.5 Å². The van der Waals surface area contributed by atoms with Crippen molar-refractivity contribution in [1.82, 2.24) is 0 Å². The highest BCUT2D eigenvalue weighted by atomic mass is 16.4. The third-order valence-electron chi connectivity index (χ3n) is 2.96. The van der Waals surface area contributed by atoms with Crippen LogP contribution in [-0.2, 0) is 0 Å². The molecule has 6 nitrogen and oxygen atoms in total. The van der Waals surface area contributed by atoms with Crippen LogP contribution in [-0.4, -0.2) is 16.9 Å². The minimum absolute atomic E-state index is 0.0713. The number of carbonyl (C=O) groups excluding carboxylic acids is 1. The van der Waals surface area contributed by atoms with Gasteiger partial charge in [-0.3, -0.25) is 4.79 Å². The Hall–Kier alpha value is -3.02. The molecular formula is C15H12N2O4. The van der Waals surface area contributed by atoms with E-state index in [0.717, 1.165) is 5.01 Å². The highest BCUT2D eigenvalue weighted by Gasteiger charge is 2.11. The Kier molecular flexibility index (Phi) is 4.08.